The molecule has 0 bridgehead atoms. The van der Waals surface area contributed by atoms with Crippen LogP contribution in [-0.2, 0) is 11.3 Å². The number of rotatable bonds is 9. The number of methoxy groups -OCH3 is 3. The minimum Gasteiger partial charge on any atom is -0.493 e. The summed E-state index contributed by atoms with van der Waals surface area (Å²) in [5.74, 6) is 2.22. The first-order valence-electron chi connectivity index (χ1n) is 9.65. The Hall–Kier alpha value is -2.23. The molecule has 2 heterocycles. The van der Waals surface area contributed by atoms with Crippen molar-refractivity contribution in [3.05, 3.63) is 29.6 Å². The van der Waals surface area contributed by atoms with Crippen molar-refractivity contribution in [3.8, 4) is 11.5 Å². The molecule has 2 aromatic rings. The van der Waals surface area contributed by atoms with Gasteiger partial charge in [-0.3, -0.25) is 4.90 Å². The molecule has 1 fully saturated rings. The molecule has 1 aromatic heterocycles. The summed E-state index contributed by atoms with van der Waals surface area (Å²) in [6.07, 6.45) is 0. The van der Waals surface area contributed by atoms with Gasteiger partial charge in [-0.25, -0.2) is 4.68 Å². The molecule has 0 aliphatic carbocycles. The minimum absolute atomic E-state index is 0.0642. The van der Waals surface area contributed by atoms with Crippen LogP contribution in [0.4, 0.5) is 0 Å². The molecule has 1 saturated heterocycles. The van der Waals surface area contributed by atoms with Crippen LogP contribution in [0.15, 0.2) is 18.2 Å². The molecule has 0 saturated carbocycles. The summed E-state index contributed by atoms with van der Waals surface area (Å²) in [4.78, 5) is 4.89. The Labute approximate surface area is 166 Å². The molecular weight excluding hydrogens is 360 g/mol. The molecule has 154 valence electrons. The third kappa shape index (κ3) is 4.43. The number of hydrogen-bond acceptors (Lipinski definition) is 8. The van der Waals surface area contributed by atoms with Crippen LogP contribution in [0.3, 0.4) is 0 Å². The average Bonchev–Trinajstić information content (AvgIpc) is 3.20. The summed E-state index contributed by atoms with van der Waals surface area (Å²) in [6.45, 7) is 8.39. The lowest BCUT2D eigenvalue weighted by Crippen LogP contribution is -2.48. The zero-order valence-corrected chi connectivity index (χ0v) is 17.2. The number of piperazine rings is 1. The second-order valence-electron chi connectivity index (χ2n) is 6.74. The van der Waals surface area contributed by atoms with E-state index in [2.05, 4.69) is 38.3 Å². The molecule has 0 N–H and O–H groups in total. The van der Waals surface area contributed by atoms with E-state index < -0.39 is 0 Å². The largest absolute Gasteiger partial charge is 0.493 e. The van der Waals surface area contributed by atoms with E-state index in [4.69, 9.17) is 14.2 Å². The van der Waals surface area contributed by atoms with Crippen molar-refractivity contribution in [2.45, 2.75) is 19.5 Å². The van der Waals surface area contributed by atoms with Crippen molar-refractivity contribution in [1.82, 2.24) is 30.0 Å². The van der Waals surface area contributed by atoms with Crippen molar-refractivity contribution in [2.24, 2.45) is 0 Å². The van der Waals surface area contributed by atoms with Crippen molar-refractivity contribution in [2.75, 3.05) is 60.7 Å². The van der Waals surface area contributed by atoms with E-state index in [-0.39, 0.29) is 6.04 Å². The van der Waals surface area contributed by atoms with E-state index >= 15 is 0 Å². The van der Waals surface area contributed by atoms with Gasteiger partial charge in [0.1, 0.15) is 0 Å². The number of benzene rings is 1. The molecule has 1 aliphatic rings. The Morgan fingerprint density at radius 2 is 1.79 bits per heavy atom. The second-order valence-corrected chi connectivity index (χ2v) is 6.74. The van der Waals surface area contributed by atoms with Gasteiger partial charge >= 0.3 is 0 Å². The summed E-state index contributed by atoms with van der Waals surface area (Å²) in [7, 11) is 4.98. The number of aromatic nitrogens is 4. The second kappa shape index (κ2) is 9.81. The first kappa shape index (κ1) is 20.5. The van der Waals surface area contributed by atoms with Crippen LogP contribution in [0.25, 0.3) is 0 Å². The maximum Gasteiger partial charge on any atom is 0.173 e. The first-order valence-corrected chi connectivity index (χ1v) is 9.65. The van der Waals surface area contributed by atoms with Gasteiger partial charge in [-0.2, -0.15) is 0 Å². The third-order valence-corrected chi connectivity index (χ3v) is 5.25. The molecule has 1 unspecified atom stereocenters. The standard InChI is InChI=1S/C19H30N6O3/c1-5-23-8-10-24(11-9-23)18(19-20-21-22-25(19)12-13-26-2)15-6-7-16(27-3)17(14-15)28-4/h6-7,14,18H,5,8-13H2,1-4H3. The number of hydrogen-bond donors (Lipinski definition) is 0. The van der Waals surface area contributed by atoms with Crippen LogP contribution < -0.4 is 9.47 Å². The van der Waals surface area contributed by atoms with Gasteiger partial charge in [-0.05, 0) is 34.7 Å². The first-order chi connectivity index (χ1) is 13.7. The smallest absolute Gasteiger partial charge is 0.173 e. The van der Waals surface area contributed by atoms with E-state index in [1.807, 2.05) is 16.8 Å². The molecule has 1 aromatic carbocycles. The predicted molar refractivity (Wildman–Crippen MR) is 105 cm³/mol. The average molecular weight is 390 g/mol. The van der Waals surface area contributed by atoms with E-state index in [0.717, 1.165) is 44.1 Å². The molecule has 9 heteroatoms. The van der Waals surface area contributed by atoms with Crippen molar-refractivity contribution >= 4 is 0 Å². The number of likely N-dealkylation sites (N-methyl/N-ethyl adjacent to an activating group) is 1. The Morgan fingerprint density at radius 1 is 1.04 bits per heavy atom. The molecule has 1 atom stereocenters. The number of tetrazole rings is 1. The lowest BCUT2D eigenvalue weighted by molar-refractivity contribution is 0.107. The fourth-order valence-electron chi connectivity index (χ4n) is 3.63. The zero-order chi connectivity index (χ0) is 19.9. The lowest BCUT2D eigenvalue weighted by atomic mass is 10.0. The number of nitrogens with zero attached hydrogens (tertiary/aromatic N) is 6. The lowest BCUT2D eigenvalue weighted by Gasteiger charge is -2.38. The molecule has 0 radical (unpaired) electrons. The normalized spacial score (nSPS) is 16.9. The van der Waals surface area contributed by atoms with E-state index in [9.17, 15) is 0 Å². The van der Waals surface area contributed by atoms with E-state index in [1.54, 1.807) is 21.3 Å². The van der Waals surface area contributed by atoms with E-state index in [1.165, 1.54) is 0 Å². The Bertz CT molecular complexity index is 745. The maximum atomic E-state index is 5.53. The topological polar surface area (TPSA) is 77.8 Å². The van der Waals surface area contributed by atoms with Crippen LogP contribution in [0.1, 0.15) is 24.4 Å². The zero-order valence-electron chi connectivity index (χ0n) is 17.2. The van der Waals surface area contributed by atoms with Gasteiger partial charge in [0.05, 0.1) is 33.4 Å². The Kier molecular flexibility index (Phi) is 7.18. The summed E-state index contributed by atoms with van der Waals surface area (Å²) in [5.41, 5.74) is 1.08. The molecule has 28 heavy (non-hydrogen) atoms. The fraction of sp³-hybridized carbons (Fsp3) is 0.632. The Morgan fingerprint density at radius 3 is 2.43 bits per heavy atom. The van der Waals surface area contributed by atoms with Gasteiger partial charge in [0.15, 0.2) is 17.3 Å². The highest BCUT2D eigenvalue weighted by Gasteiger charge is 2.31. The molecular formula is C19H30N6O3. The quantitative estimate of drug-likeness (QED) is 0.629. The molecule has 9 nitrogen and oxygen atoms in total. The highest BCUT2D eigenvalue weighted by Crippen LogP contribution is 2.34. The predicted octanol–water partition coefficient (Wildman–Crippen LogP) is 1.06. The summed E-state index contributed by atoms with van der Waals surface area (Å²) in [6, 6.07) is 5.95. The number of ether oxygens (including phenoxy) is 3. The van der Waals surface area contributed by atoms with Gasteiger partial charge in [0.2, 0.25) is 0 Å². The van der Waals surface area contributed by atoms with Crippen LogP contribution in [0.5, 0.6) is 11.5 Å². The summed E-state index contributed by atoms with van der Waals surface area (Å²) >= 11 is 0. The molecule has 0 spiro atoms. The Balaban J connectivity index is 1.97. The van der Waals surface area contributed by atoms with Crippen molar-refractivity contribution < 1.29 is 14.2 Å². The van der Waals surface area contributed by atoms with Crippen molar-refractivity contribution in [3.63, 3.8) is 0 Å². The summed E-state index contributed by atoms with van der Waals surface area (Å²) in [5, 5.41) is 12.5. The third-order valence-electron chi connectivity index (χ3n) is 5.25. The van der Waals surface area contributed by atoms with Gasteiger partial charge in [-0.1, -0.05) is 13.0 Å². The fourth-order valence-corrected chi connectivity index (χ4v) is 3.63. The maximum absolute atomic E-state index is 5.53. The highest BCUT2D eigenvalue weighted by molar-refractivity contribution is 5.45. The SMILES string of the molecule is CCN1CCN(C(c2ccc(OC)c(OC)c2)c2nnnn2CCOC)CC1. The van der Waals surface area contributed by atoms with Crippen LogP contribution in [-0.4, -0.2) is 90.7 Å². The monoisotopic (exact) mass is 390 g/mol. The van der Waals surface area contributed by atoms with E-state index in [0.29, 0.717) is 24.7 Å². The molecule has 1 aliphatic heterocycles. The minimum atomic E-state index is -0.0642. The van der Waals surface area contributed by atoms with Gasteiger partial charge < -0.3 is 19.1 Å². The summed E-state index contributed by atoms with van der Waals surface area (Å²) < 4.78 is 18.0. The van der Waals surface area contributed by atoms with Crippen LogP contribution >= 0.6 is 0 Å². The van der Waals surface area contributed by atoms with Crippen LogP contribution in [0, 0.1) is 0 Å². The van der Waals surface area contributed by atoms with Gasteiger partial charge in [-0.15, -0.1) is 5.10 Å². The van der Waals surface area contributed by atoms with Crippen LogP contribution in [0.2, 0.25) is 0 Å². The molecule has 0 amide bonds. The highest BCUT2D eigenvalue weighted by atomic mass is 16.5. The van der Waals surface area contributed by atoms with Gasteiger partial charge in [0.25, 0.3) is 0 Å². The van der Waals surface area contributed by atoms with Gasteiger partial charge in [0, 0.05) is 33.3 Å². The van der Waals surface area contributed by atoms with Crippen molar-refractivity contribution in [1.29, 1.82) is 0 Å². The molecule has 3 rings (SSSR count).